The van der Waals surface area contributed by atoms with E-state index in [9.17, 15) is 14.4 Å². The lowest BCUT2D eigenvalue weighted by molar-refractivity contribution is -0.164. The molecule has 0 bridgehead atoms. The van der Waals surface area contributed by atoms with E-state index < -0.39 is 24.0 Å². The molecule has 0 aromatic rings. The fraction of sp³-hybridized carbons (Fsp3) is 0.750. The van der Waals surface area contributed by atoms with Gasteiger partial charge in [-0.25, -0.2) is 4.79 Å². The second-order valence-electron chi connectivity index (χ2n) is 4.04. The number of ether oxygens (including phenoxy) is 1. The molecule has 0 heterocycles. The predicted octanol–water partition coefficient (Wildman–Crippen LogP) is 2.04. The zero-order valence-electron chi connectivity index (χ0n) is 11.4. The van der Waals surface area contributed by atoms with Crippen molar-refractivity contribution in [2.24, 2.45) is 5.92 Å². The van der Waals surface area contributed by atoms with E-state index in [1.165, 1.54) is 18.7 Å². The van der Waals surface area contributed by atoms with Crippen molar-refractivity contribution in [1.29, 1.82) is 0 Å². The van der Waals surface area contributed by atoms with Gasteiger partial charge in [0.05, 0.1) is 5.92 Å². The summed E-state index contributed by atoms with van der Waals surface area (Å²) < 4.78 is 4.97. The van der Waals surface area contributed by atoms with Crippen LogP contribution in [0.3, 0.4) is 0 Å². The highest BCUT2D eigenvalue weighted by molar-refractivity contribution is 8.13. The second-order valence-corrected chi connectivity index (χ2v) is 6.39. The SMILES string of the molecule is CCCSC[C@H](OC(=O)[C@H](C)CSC(C)=O)C(=O)O. The van der Waals surface area contributed by atoms with Gasteiger partial charge >= 0.3 is 11.9 Å². The van der Waals surface area contributed by atoms with E-state index in [0.29, 0.717) is 5.75 Å². The predicted molar refractivity (Wildman–Crippen MR) is 77.4 cm³/mol. The smallest absolute Gasteiger partial charge is 0.345 e. The summed E-state index contributed by atoms with van der Waals surface area (Å²) in [4.78, 5) is 33.4. The Morgan fingerprint density at radius 2 is 1.89 bits per heavy atom. The highest BCUT2D eigenvalue weighted by atomic mass is 32.2. The summed E-state index contributed by atoms with van der Waals surface area (Å²) in [5.74, 6) is -0.810. The molecule has 0 radical (unpaired) electrons. The Kier molecular flexibility index (Phi) is 9.77. The van der Waals surface area contributed by atoms with Gasteiger partial charge in [-0.1, -0.05) is 25.6 Å². The van der Waals surface area contributed by atoms with E-state index in [1.807, 2.05) is 6.92 Å². The third-order valence-electron chi connectivity index (χ3n) is 2.09. The fourth-order valence-corrected chi connectivity index (χ4v) is 2.56. The van der Waals surface area contributed by atoms with Gasteiger partial charge < -0.3 is 9.84 Å². The molecule has 0 unspecified atom stereocenters. The molecular formula is C12H20O5S2. The van der Waals surface area contributed by atoms with Crippen LogP contribution in [0.5, 0.6) is 0 Å². The number of carboxylic acid groups (broad SMARTS) is 1. The summed E-state index contributed by atoms with van der Waals surface area (Å²) >= 11 is 2.48. The van der Waals surface area contributed by atoms with E-state index in [0.717, 1.165) is 23.9 Å². The number of esters is 1. The largest absolute Gasteiger partial charge is 0.478 e. The first-order valence-electron chi connectivity index (χ1n) is 6.02. The normalized spacial score (nSPS) is 13.6. The molecule has 0 aliphatic heterocycles. The van der Waals surface area contributed by atoms with Gasteiger partial charge in [-0.05, 0) is 12.2 Å². The van der Waals surface area contributed by atoms with E-state index in [2.05, 4.69) is 0 Å². The number of thioether (sulfide) groups is 2. The molecule has 0 aliphatic rings. The molecular weight excluding hydrogens is 288 g/mol. The maximum Gasteiger partial charge on any atom is 0.345 e. The van der Waals surface area contributed by atoms with Crippen molar-refractivity contribution in [3.63, 3.8) is 0 Å². The Hall–Kier alpha value is -0.690. The van der Waals surface area contributed by atoms with E-state index in [-0.39, 0.29) is 10.9 Å². The number of carbonyl (C=O) groups excluding carboxylic acids is 2. The fourth-order valence-electron chi connectivity index (χ4n) is 1.06. The molecule has 5 nitrogen and oxygen atoms in total. The molecule has 0 aromatic carbocycles. The van der Waals surface area contributed by atoms with Crippen molar-refractivity contribution < 1.29 is 24.2 Å². The van der Waals surface area contributed by atoms with Crippen LogP contribution in [0.4, 0.5) is 0 Å². The van der Waals surface area contributed by atoms with Crippen molar-refractivity contribution in [2.45, 2.75) is 33.3 Å². The second kappa shape index (κ2) is 10.1. The molecule has 0 saturated carbocycles. The standard InChI is InChI=1S/C12H20O5S2/c1-4-5-18-7-10(11(14)15)17-12(16)8(2)6-19-9(3)13/h8,10H,4-7H2,1-3H3,(H,14,15)/t8-,10+/m1/s1. The molecule has 0 aliphatic carbocycles. The average Bonchev–Trinajstić information content (AvgIpc) is 2.34. The lowest BCUT2D eigenvalue weighted by Gasteiger charge is -2.16. The van der Waals surface area contributed by atoms with Crippen LogP contribution in [0.2, 0.25) is 0 Å². The highest BCUT2D eigenvalue weighted by Gasteiger charge is 2.25. The molecule has 19 heavy (non-hydrogen) atoms. The maximum atomic E-state index is 11.7. The van der Waals surface area contributed by atoms with E-state index in [1.54, 1.807) is 6.92 Å². The summed E-state index contributed by atoms with van der Waals surface area (Å²) in [6.07, 6.45) is -0.176. The molecule has 2 atom stereocenters. The van der Waals surface area contributed by atoms with Crippen LogP contribution in [0.15, 0.2) is 0 Å². The lowest BCUT2D eigenvalue weighted by atomic mass is 10.2. The molecule has 0 aromatic heterocycles. The summed E-state index contributed by atoms with van der Waals surface area (Å²) in [7, 11) is 0. The Morgan fingerprint density at radius 3 is 2.37 bits per heavy atom. The van der Waals surface area contributed by atoms with Crippen molar-refractivity contribution in [1.82, 2.24) is 0 Å². The minimum Gasteiger partial charge on any atom is -0.478 e. The van der Waals surface area contributed by atoms with Gasteiger partial charge in [-0.15, -0.1) is 0 Å². The number of hydrogen-bond donors (Lipinski definition) is 1. The van der Waals surface area contributed by atoms with Crippen molar-refractivity contribution >= 4 is 40.6 Å². The van der Waals surface area contributed by atoms with Crippen LogP contribution in [0, 0.1) is 5.92 Å². The third kappa shape index (κ3) is 8.93. The molecule has 0 rings (SSSR count). The van der Waals surface area contributed by atoms with Gasteiger partial charge in [-0.3, -0.25) is 9.59 Å². The summed E-state index contributed by atoms with van der Waals surface area (Å²) in [5.41, 5.74) is 0. The first-order valence-corrected chi connectivity index (χ1v) is 8.16. The minimum atomic E-state index is -1.14. The van der Waals surface area contributed by atoms with Gasteiger partial charge in [-0.2, -0.15) is 11.8 Å². The maximum absolute atomic E-state index is 11.7. The van der Waals surface area contributed by atoms with Crippen molar-refractivity contribution in [3.8, 4) is 0 Å². The average molecular weight is 308 g/mol. The first-order chi connectivity index (χ1) is 8.88. The molecule has 1 N–H and O–H groups in total. The third-order valence-corrected chi connectivity index (χ3v) is 4.40. The number of hydrogen-bond acceptors (Lipinski definition) is 6. The molecule has 110 valence electrons. The molecule has 7 heteroatoms. The van der Waals surface area contributed by atoms with Crippen molar-refractivity contribution in [2.75, 3.05) is 17.3 Å². The quantitative estimate of drug-likeness (QED) is 0.515. The first kappa shape index (κ1) is 18.3. The number of carbonyl (C=O) groups is 3. The zero-order chi connectivity index (χ0) is 14.8. The highest BCUT2D eigenvalue weighted by Crippen LogP contribution is 2.14. The van der Waals surface area contributed by atoms with Crippen LogP contribution >= 0.6 is 23.5 Å². The zero-order valence-corrected chi connectivity index (χ0v) is 13.0. The van der Waals surface area contributed by atoms with E-state index >= 15 is 0 Å². The number of aliphatic carboxylic acids is 1. The molecule has 0 fully saturated rings. The Labute approximate surface area is 121 Å². The van der Waals surface area contributed by atoms with E-state index in [4.69, 9.17) is 9.84 Å². The topological polar surface area (TPSA) is 80.7 Å². The van der Waals surface area contributed by atoms with Crippen LogP contribution in [0.25, 0.3) is 0 Å². The van der Waals surface area contributed by atoms with Crippen LogP contribution < -0.4 is 0 Å². The van der Waals surface area contributed by atoms with Crippen LogP contribution in [-0.4, -0.2) is 45.5 Å². The summed E-state index contributed by atoms with van der Waals surface area (Å²) in [6, 6.07) is 0. The van der Waals surface area contributed by atoms with Gasteiger partial charge in [0.1, 0.15) is 0 Å². The van der Waals surface area contributed by atoms with Crippen LogP contribution in [-0.2, 0) is 19.1 Å². The van der Waals surface area contributed by atoms with Gasteiger partial charge in [0, 0.05) is 18.4 Å². The Bertz CT molecular complexity index is 319. The minimum absolute atomic E-state index is 0.0760. The Balaban J connectivity index is 4.21. The van der Waals surface area contributed by atoms with Gasteiger partial charge in [0.2, 0.25) is 6.10 Å². The van der Waals surface area contributed by atoms with Crippen molar-refractivity contribution in [3.05, 3.63) is 0 Å². The number of rotatable bonds is 9. The molecule has 0 saturated heterocycles. The van der Waals surface area contributed by atoms with Gasteiger partial charge in [0.15, 0.2) is 5.12 Å². The lowest BCUT2D eigenvalue weighted by Crippen LogP contribution is -2.32. The van der Waals surface area contributed by atoms with Crippen LogP contribution in [0.1, 0.15) is 27.2 Å². The molecule has 0 spiro atoms. The van der Waals surface area contributed by atoms with Gasteiger partial charge in [0.25, 0.3) is 0 Å². The number of carboxylic acids is 1. The summed E-state index contributed by atoms with van der Waals surface area (Å²) in [5, 5.41) is 8.90. The monoisotopic (exact) mass is 308 g/mol. The molecule has 0 amide bonds. The Morgan fingerprint density at radius 1 is 1.26 bits per heavy atom. The summed E-state index contributed by atoms with van der Waals surface area (Å²) in [6.45, 7) is 5.04.